The van der Waals surface area contributed by atoms with Crippen LogP contribution in [0.2, 0.25) is 0 Å². The molecule has 2 aliphatic heterocycles. The van der Waals surface area contributed by atoms with Crippen LogP contribution in [0.4, 0.5) is 5.82 Å². The monoisotopic (exact) mass is 512 g/mol. The summed E-state index contributed by atoms with van der Waals surface area (Å²) in [6.07, 6.45) is 16.9. The van der Waals surface area contributed by atoms with Gasteiger partial charge in [0.25, 0.3) is 5.91 Å². The number of piperidine rings is 1. The lowest BCUT2D eigenvalue weighted by Crippen LogP contribution is -2.27. The average molecular weight is 513 g/mol. The minimum absolute atomic E-state index is 0.187. The minimum Gasteiger partial charge on any atom is -0.317 e. The lowest BCUT2D eigenvalue weighted by atomic mass is 9.93. The Kier molecular flexibility index (Phi) is 7.20. The number of carbonyl (C=O) groups is 1. The van der Waals surface area contributed by atoms with Gasteiger partial charge >= 0.3 is 0 Å². The van der Waals surface area contributed by atoms with Crippen molar-refractivity contribution in [2.45, 2.75) is 51.1 Å². The molecule has 3 aromatic heterocycles. The molecule has 9 nitrogen and oxygen atoms in total. The second-order valence-corrected chi connectivity index (χ2v) is 10.7. The van der Waals surface area contributed by atoms with Crippen LogP contribution < -0.4 is 10.6 Å². The van der Waals surface area contributed by atoms with Crippen molar-refractivity contribution >= 4 is 17.4 Å². The molecule has 0 spiro atoms. The highest BCUT2D eigenvalue weighted by atomic mass is 16.1. The molecule has 0 bridgehead atoms. The minimum atomic E-state index is -0.187. The number of rotatable bonds is 8. The number of anilines is 1. The number of aryl methyl sites for hydroxylation is 1. The number of likely N-dealkylation sites (tertiary alicyclic amines) is 1. The Morgan fingerprint density at radius 2 is 1.89 bits per heavy atom. The summed E-state index contributed by atoms with van der Waals surface area (Å²) < 4.78 is 3.97. The Bertz CT molecular complexity index is 1390. The first-order valence-corrected chi connectivity index (χ1v) is 13.8. The maximum Gasteiger partial charge on any atom is 0.256 e. The predicted molar refractivity (Wildman–Crippen MR) is 148 cm³/mol. The third kappa shape index (κ3) is 5.49. The second-order valence-electron chi connectivity index (χ2n) is 10.7. The number of imidazole rings is 1. The van der Waals surface area contributed by atoms with Crippen LogP contribution in [0.5, 0.6) is 0 Å². The van der Waals surface area contributed by atoms with E-state index in [1.165, 1.54) is 25.7 Å². The van der Waals surface area contributed by atoms with Gasteiger partial charge in [-0.1, -0.05) is 12.1 Å². The predicted octanol–water partition coefficient (Wildman–Crippen LogP) is 4.39. The molecule has 0 aliphatic carbocycles. The molecule has 198 valence electrons. The van der Waals surface area contributed by atoms with Crippen LogP contribution in [0.25, 0.3) is 16.8 Å². The van der Waals surface area contributed by atoms with Crippen LogP contribution in [0.1, 0.15) is 60.6 Å². The molecular formula is C29H36N8O. The van der Waals surface area contributed by atoms with E-state index in [4.69, 9.17) is 4.98 Å². The highest BCUT2D eigenvalue weighted by Gasteiger charge is 2.25. The first-order valence-electron chi connectivity index (χ1n) is 13.8. The molecule has 1 aromatic carbocycles. The maximum atomic E-state index is 12.9. The SMILES string of the molecule is CN1CCC[C@@H]1c1cn2cc(NC(=O)c3ccc(-c4cnn(CCCC5CCNCC5)c4)cc3)ncc2n1. The fourth-order valence-electron chi connectivity index (χ4n) is 5.78. The van der Waals surface area contributed by atoms with Gasteiger partial charge in [-0.05, 0) is 88.8 Å². The van der Waals surface area contributed by atoms with Crippen molar-refractivity contribution in [1.82, 2.24) is 34.4 Å². The second kappa shape index (κ2) is 11.0. The highest BCUT2D eigenvalue weighted by Crippen LogP contribution is 2.30. The Labute approximate surface area is 223 Å². The molecule has 2 aliphatic rings. The van der Waals surface area contributed by atoms with Gasteiger partial charge in [-0.25, -0.2) is 9.97 Å². The summed E-state index contributed by atoms with van der Waals surface area (Å²) >= 11 is 0. The van der Waals surface area contributed by atoms with Crippen LogP contribution >= 0.6 is 0 Å². The Morgan fingerprint density at radius 3 is 2.68 bits per heavy atom. The quantitative estimate of drug-likeness (QED) is 0.364. The summed E-state index contributed by atoms with van der Waals surface area (Å²) in [6.45, 7) is 4.34. The molecular weight excluding hydrogens is 476 g/mol. The summed E-state index contributed by atoms with van der Waals surface area (Å²) in [5.41, 5.74) is 4.54. The van der Waals surface area contributed by atoms with Crippen molar-refractivity contribution in [3.63, 3.8) is 0 Å². The van der Waals surface area contributed by atoms with Crippen LogP contribution in [0.3, 0.4) is 0 Å². The lowest BCUT2D eigenvalue weighted by molar-refractivity contribution is 0.102. The van der Waals surface area contributed by atoms with E-state index in [-0.39, 0.29) is 5.91 Å². The average Bonchev–Trinajstić information content (AvgIpc) is 3.69. The number of nitrogens with one attached hydrogen (secondary N) is 2. The van der Waals surface area contributed by atoms with E-state index < -0.39 is 0 Å². The summed E-state index contributed by atoms with van der Waals surface area (Å²) in [6, 6.07) is 7.99. The van der Waals surface area contributed by atoms with E-state index in [1.54, 1.807) is 6.20 Å². The summed E-state index contributed by atoms with van der Waals surface area (Å²) in [4.78, 5) is 24.4. The van der Waals surface area contributed by atoms with Gasteiger partial charge in [0.05, 0.1) is 30.3 Å². The van der Waals surface area contributed by atoms with Crippen molar-refractivity contribution in [2.75, 3.05) is 32.0 Å². The van der Waals surface area contributed by atoms with E-state index >= 15 is 0 Å². The molecule has 9 heteroatoms. The van der Waals surface area contributed by atoms with Crippen LogP contribution in [0.15, 0.2) is 55.2 Å². The van der Waals surface area contributed by atoms with E-state index in [9.17, 15) is 4.79 Å². The standard InChI is InChI=1S/C29H36N8O/c1-35-14-3-5-26(35)25-19-36-20-27(31-17-28(36)33-25)34-29(38)23-8-6-22(7-9-23)24-16-32-37(18-24)15-2-4-21-10-12-30-13-11-21/h6-9,16-21,26,30H,2-5,10-15H2,1H3,(H,34,38)/t26-/m1/s1. The van der Waals surface area contributed by atoms with Gasteiger partial charge in [0.2, 0.25) is 0 Å². The molecule has 1 atom stereocenters. The van der Waals surface area contributed by atoms with E-state index in [0.717, 1.165) is 67.4 Å². The number of amides is 1. The molecule has 0 unspecified atom stereocenters. The Balaban J connectivity index is 1.06. The van der Waals surface area contributed by atoms with E-state index in [0.29, 0.717) is 17.4 Å². The number of hydrogen-bond donors (Lipinski definition) is 2. The largest absolute Gasteiger partial charge is 0.317 e. The van der Waals surface area contributed by atoms with Crippen molar-refractivity contribution in [1.29, 1.82) is 0 Å². The van der Waals surface area contributed by atoms with Crippen LogP contribution in [-0.4, -0.2) is 61.6 Å². The van der Waals surface area contributed by atoms with Gasteiger partial charge in [0.1, 0.15) is 5.82 Å². The Morgan fingerprint density at radius 1 is 1.05 bits per heavy atom. The van der Waals surface area contributed by atoms with Gasteiger partial charge in [0.15, 0.2) is 5.65 Å². The lowest BCUT2D eigenvalue weighted by Gasteiger charge is -2.22. The third-order valence-corrected chi connectivity index (χ3v) is 8.04. The molecule has 5 heterocycles. The maximum absolute atomic E-state index is 12.9. The zero-order chi connectivity index (χ0) is 25.9. The van der Waals surface area contributed by atoms with E-state index in [1.807, 2.05) is 51.9 Å². The van der Waals surface area contributed by atoms with E-state index in [2.05, 4.69) is 38.9 Å². The highest BCUT2D eigenvalue weighted by molar-refractivity contribution is 6.04. The fraction of sp³-hybridized carbons (Fsp3) is 0.448. The molecule has 2 saturated heterocycles. The van der Waals surface area contributed by atoms with Gasteiger partial charge in [-0.15, -0.1) is 0 Å². The molecule has 4 aromatic rings. The Hall–Kier alpha value is -3.56. The smallest absolute Gasteiger partial charge is 0.256 e. The first kappa shape index (κ1) is 24.8. The van der Waals surface area contributed by atoms with Crippen molar-refractivity contribution in [3.8, 4) is 11.1 Å². The zero-order valence-electron chi connectivity index (χ0n) is 22.0. The summed E-state index contributed by atoms with van der Waals surface area (Å²) in [5, 5.41) is 10.9. The van der Waals surface area contributed by atoms with Crippen molar-refractivity contribution in [3.05, 3.63) is 66.5 Å². The summed E-state index contributed by atoms with van der Waals surface area (Å²) in [7, 11) is 2.14. The fourth-order valence-corrected chi connectivity index (χ4v) is 5.78. The van der Waals surface area contributed by atoms with Gasteiger partial charge in [-0.3, -0.25) is 14.4 Å². The number of benzene rings is 1. The number of hydrogen-bond acceptors (Lipinski definition) is 6. The molecule has 0 saturated carbocycles. The van der Waals surface area contributed by atoms with Gasteiger partial charge in [0, 0.05) is 30.1 Å². The molecule has 6 rings (SSSR count). The van der Waals surface area contributed by atoms with Crippen molar-refractivity contribution in [2.24, 2.45) is 5.92 Å². The first-order chi connectivity index (χ1) is 18.6. The summed E-state index contributed by atoms with van der Waals surface area (Å²) in [5.74, 6) is 1.16. The molecule has 2 N–H and O–H groups in total. The number of nitrogens with zero attached hydrogens (tertiary/aromatic N) is 6. The number of fused-ring (bicyclic) bond motifs is 1. The van der Waals surface area contributed by atoms with Crippen LogP contribution in [0, 0.1) is 5.92 Å². The van der Waals surface area contributed by atoms with Gasteiger partial charge in [-0.2, -0.15) is 5.10 Å². The number of carbonyl (C=O) groups excluding carboxylic acids is 1. The van der Waals surface area contributed by atoms with Gasteiger partial charge < -0.3 is 15.0 Å². The zero-order valence-corrected chi connectivity index (χ0v) is 22.0. The topological polar surface area (TPSA) is 92.4 Å². The third-order valence-electron chi connectivity index (χ3n) is 8.04. The molecule has 1 amide bonds. The number of aromatic nitrogens is 5. The van der Waals surface area contributed by atoms with Crippen molar-refractivity contribution < 1.29 is 4.79 Å². The van der Waals surface area contributed by atoms with Crippen LogP contribution in [-0.2, 0) is 6.54 Å². The normalized spacial score (nSPS) is 18.8. The molecule has 2 fully saturated rings. The molecule has 0 radical (unpaired) electrons. The molecule has 38 heavy (non-hydrogen) atoms.